The highest BCUT2D eigenvalue weighted by molar-refractivity contribution is 7.99. The maximum atomic E-state index is 5.87. The van der Waals surface area contributed by atoms with Gasteiger partial charge in [-0.15, -0.1) is 11.8 Å². The first-order valence-corrected chi connectivity index (χ1v) is 7.40. The molecule has 0 bridgehead atoms. The first-order chi connectivity index (χ1) is 8.83. The lowest BCUT2D eigenvalue weighted by atomic mass is 10.0. The van der Waals surface area contributed by atoms with Gasteiger partial charge in [0.05, 0.1) is 0 Å². The fourth-order valence-corrected chi connectivity index (χ4v) is 3.59. The lowest BCUT2D eigenvalue weighted by Gasteiger charge is -2.13. The Morgan fingerprint density at radius 1 is 1.11 bits per heavy atom. The van der Waals surface area contributed by atoms with Gasteiger partial charge in [0.2, 0.25) is 0 Å². The largest absolute Gasteiger partial charge is 0.384 e. The van der Waals surface area contributed by atoms with E-state index in [0.29, 0.717) is 5.92 Å². The summed E-state index contributed by atoms with van der Waals surface area (Å²) in [4.78, 5) is 1.43. The summed E-state index contributed by atoms with van der Waals surface area (Å²) in [6.45, 7) is 0.978. The molecular formula is C15H14ClNS. The third-order valence-electron chi connectivity index (χ3n) is 3.20. The number of nitrogens with one attached hydrogen (secondary N) is 1. The summed E-state index contributed by atoms with van der Waals surface area (Å²) in [6, 6.07) is 16.6. The van der Waals surface area contributed by atoms with Crippen LogP contribution in [0.25, 0.3) is 0 Å². The Labute approximate surface area is 117 Å². The van der Waals surface area contributed by atoms with Gasteiger partial charge >= 0.3 is 0 Å². The highest BCUT2D eigenvalue weighted by Crippen LogP contribution is 2.39. The van der Waals surface area contributed by atoms with Crippen LogP contribution in [0.2, 0.25) is 5.02 Å². The Bertz CT molecular complexity index is 538. The molecule has 1 N–H and O–H groups in total. The number of benzene rings is 2. The first kappa shape index (κ1) is 11.9. The molecular weight excluding hydrogens is 262 g/mol. The third kappa shape index (κ3) is 2.50. The van der Waals surface area contributed by atoms with Crippen LogP contribution in [0.5, 0.6) is 0 Å². The van der Waals surface area contributed by atoms with Gasteiger partial charge in [0.25, 0.3) is 0 Å². The standard InChI is InChI=1S/C15H14ClNS/c16-12-5-7-13(8-6-12)17-9-11-10-18-15-4-2-1-3-14(11)15/h1-8,11,17H,9-10H2. The molecule has 2 aromatic rings. The second kappa shape index (κ2) is 5.25. The number of hydrogen-bond donors (Lipinski definition) is 1. The number of anilines is 1. The molecule has 0 radical (unpaired) electrons. The minimum Gasteiger partial charge on any atom is -0.384 e. The zero-order chi connectivity index (χ0) is 12.4. The number of halogens is 1. The van der Waals surface area contributed by atoms with Crippen molar-refractivity contribution in [2.75, 3.05) is 17.6 Å². The fourth-order valence-electron chi connectivity index (χ4n) is 2.21. The van der Waals surface area contributed by atoms with Crippen molar-refractivity contribution in [2.24, 2.45) is 0 Å². The Balaban J connectivity index is 1.67. The summed E-state index contributed by atoms with van der Waals surface area (Å²) in [7, 11) is 0. The Kier molecular flexibility index (Phi) is 3.48. The molecule has 0 spiro atoms. The minimum atomic E-state index is 0.599. The monoisotopic (exact) mass is 275 g/mol. The van der Waals surface area contributed by atoms with Crippen LogP contribution in [0.4, 0.5) is 5.69 Å². The number of rotatable bonds is 3. The molecule has 1 unspecified atom stereocenters. The van der Waals surface area contributed by atoms with Gasteiger partial charge in [-0.2, -0.15) is 0 Å². The van der Waals surface area contributed by atoms with Crippen molar-refractivity contribution in [3.8, 4) is 0 Å². The highest BCUT2D eigenvalue weighted by atomic mass is 35.5. The number of fused-ring (bicyclic) bond motifs is 1. The molecule has 1 atom stereocenters. The molecule has 3 heteroatoms. The maximum Gasteiger partial charge on any atom is 0.0407 e. The van der Waals surface area contributed by atoms with Gasteiger partial charge < -0.3 is 5.32 Å². The van der Waals surface area contributed by atoms with E-state index in [9.17, 15) is 0 Å². The van der Waals surface area contributed by atoms with Crippen molar-refractivity contribution >= 4 is 29.1 Å². The molecule has 0 saturated carbocycles. The topological polar surface area (TPSA) is 12.0 Å². The lowest BCUT2D eigenvalue weighted by molar-refractivity contribution is 0.819. The van der Waals surface area contributed by atoms with E-state index < -0.39 is 0 Å². The van der Waals surface area contributed by atoms with Crippen LogP contribution >= 0.6 is 23.4 Å². The van der Waals surface area contributed by atoms with Gasteiger partial charge in [-0.05, 0) is 35.9 Å². The van der Waals surface area contributed by atoms with E-state index in [2.05, 4.69) is 29.6 Å². The highest BCUT2D eigenvalue weighted by Gasteiger charge is 2.22. The molecule has 1 nitrogen and oxygen atoms in total. The van der Waals surface area contributed by atoms with Crippen molar-refractivity contribution < 1.29 is 0 Å². The first-order valence-electron chi connectivity index (χ1n) is 6.04. The lowest BCUT2D eigenvalue weighted by Crippen LogP contribution is -2.12. The summed E-state index contributed by atoms with van der Waals surface area (Å²) in [5, 5.41) is 4.26. The van der Waals surface area contributed by atoms with Gasteiger partial charge in [-0.3, -0.25) is 0 Å². The molecule has 0 fully saturated rings. The molecule has 1 aliphatic rings. The maximum absolute atomic E-state index is 5.87. The van der Waals surface area contributed by atoms with Gasteiger partial charge in [0.15, 0.2) is 0 Å². The quantitative estimate of drug-likeness (QED) is 0.876. The zero-order valence-electron chi connectivity index (χ0n) is 9.90. The molecule has 0 aliphatic carbocycles. The Morgan fingerprint density at radius 3 is 2.72 bits per heavy atom. The molecule has 0 amide bonds. The van der Waals surface area contributed by atoms with Crippen LogP contribution in [-0.4, -0.2) is 12.3 Å². The summed E-state index contributed by atoms with van der Waals surface area (Å²) >= 11 is 7.83. The van der Waals surface area contributed by atoms with Crippen LogP contribution in [-0.2, 0) is 0 Å². The minimum absolute atomic E-state index is 0.599. The summed E-state index contributed by atoms with van der Waals surface area (Å²) in [5.74, 6) is 1.77. The van der Waals surface area contributed by atoms with Gasteiger partial charge in [0.1, 0.15) is 0 Å². The van der Waals surface area contributed by atoms with Gasteiger partial charge in [-0.1, -0.05) is 29.8 Å². The predicted molar refractivity (Wildman–Crippen MR) is 79.8 cm³/mol. The van der Waals surface area contributed by atoms with E-state index in [4.69, 9.17) is 11.6 Å². The van der Waals surface area contributed by atoms with Gasteiger partial charge in [-0.25, -0.2) is 0 Å². The zero-order valence-corrected chi connectivity index (χ0v) is 11.5. The van der Waals surface area contributed by atoms with Crippen LogP contribution in [0.1, 0.15) is 11.5 Å². The number of hydrogen-bond acceptors (Lipinski definition) is 2. The molecule has 1 aliphatic heterocycles. The van der Waals surface area contributed by atoms with Crippen molar-refractivity contribution in [3.63, 3.8) is 0 Å². The normalized spacial score (nSPS) is 17.5. The fraction of sp³-hybridized carbons (Fsp3) is 0.200. The second-order valence-electron chi connectivity index (χ2n) is 4.43. The van der Waals surface area contributed by atoms with Crippen LogP contribution < -0.4 is 5.32 Å². The van der Waals surface area contributed by atoms with E-state index in [1.54, 1.807) is 0 Å². The van der Waals surface area contributed by atoms with Crippen LogP contribution in [0.15, 0.2) is 53.4 Å². The van der Waals surface area contributed by atoms with Crippen molar-refractivity contribution in [3.05, 3.63) is 59.1 Å². The summed E-state index contributed by atoms with van der Waals surface area (Å²) in [6.07, 6.45) is 0. The Morgan fingerprint density at radius 2 is 1.89 bits per heavy atom. The predicted octanol–water partition coefficient (Wildman–Crippen LogP) is 4.64. The average Bonchev–Trinajstić information content (AvgIpc) is 2.82. The summed E-state index contributed by atoms with van der Waals surface area (Å²) in [5.41, 5.74) is 2.61. The van der Waals surface area contributed by atoms with Crippen LogP contribution in [0, 0.1) is 0 Å². The molecule has 1 heterocycles. The van der Waals surface area contributed by atoms with Crippen LogP contribution in [0.3, 0.4) is 0 Å². The van der Waals surface area contributed by atoms with E-state index in [1.165, 1.54) is 16.2 Å². The molecule has 2 aromatic carbocycles. The van der Waals surface area contributed by atoms with E-state index in [-0.39, 0.29) is 0 Å². The SMILES string of the molecule is Clc1ccc(NCC2CSc3ccccc32)cc1. The molecule has 18 heavy (non-hydrogen) atoms. The smallest absolute Gasteiger partial charge is 0.0407 e. The van der Waals surface area contributed by atoms with Crippen molar-refractivity contribution in [2.45, 2.75) is 10.8 Å². The van der Waals surface area contributed by atoms with E-state index in [1.807, 2.05) is 36.0 Å². The van der Waals surface area contributed by atoms with E-state index >= 15 is 0 Å². The molecule has 0 aromatic heterocycles. The van der Waals surface area contributed by atoms with Crippen molar-refractivity contribution in [1.82, 2.24) is 0 Å². The van der Waals surface area contributed by atoms with Crippen molar-refractivity contribution in [1.29, 1.82) is 0 Å². The Hall–Kier alpha value is -1.12. The molecule has 3 rings (SSSR count). The molecule has 0 saturated heterocycles. The molecule has 92 valence electrons. The third-order valence-corrected chi connectivity index (χ3v) is 4.70. The van der Waals surface area contributed by atoms with Gasteiger partial charge in [0, 0.05) is 33.8 Å². The van der Waals surface area contributed by atoms with E-state index in [0.717, 1.165) is 17.3 Å². The number of thioether (sulfide) groups is 1. The second-order valence-corrected chi connectivity index (χ2v) is 5.93. The summed E-state index contributed by atoms with van der Waals surface area (Å²) < 4.78 is 0. The average molecular weight is 276 g/mol.